The molecular formula is C19H29IN4. The van der Waals surface area contributed by atoms with E-state index in [0.29, 0.717) is 0 Å². The van der Waals surface area contributed by atoms with Crippen LogP contribution in [0.2, 0.25) is 0 Å². The van der Waals surface area contributed by atoms with Crippen molar-refractivity contribution in [3.05, 3.63) is 36.0 Å². The molecule has 0 atom stereocenters. The number of halogens is 1. The zero-order chi connectivity index (χ0) is 16.1. The fraction of sp³-hybridized carbons (Fsp3) is 0.526. The lowest BCUT2D eigenvalue weighted by atomic mass is 10.00. The lowest BCUT2D eigenvalue weighted by Gasteiger charge is -2.33. The number of aromatic nitrogens is 1. The van der Waals surface area contributed by atoms with Gasteiger partial charge in [0.25, 0.3) is 0 Å². The van der Waals surface area contributed by atoms with E-state index in [1.165, 1.54) is 29.3 Å². The van der Waals surface area contributed by atoms with Gasteiger partial charge in [0, 0.05) is 43.3 Å². The maximum atomic E-state index is 4.86. The smallest absolute Gasteiger partial charge is 0.193 e. The molecule has 0 bridgehead atoms. The molecule has 1 aromatic heterocycles. The topological polar surface area (TPSA) is 43.4 Å². The Labute approximate surface area is 162 Å². The third kappa shape index (κ3) is 4.65. The van der Waals surface area contributed by atoms with Crippen molar-refractivity contribution in [3.63, 3.8) is 0 Å². The molecule has 0 unspecified atom stereocenters. The van der Waals surface area contributed by atoms with E-state index in [1.54, 1.807) is 0 Å². The first kappa shape index (κ1) is 19.1. The van der Waals surface area contributed by atoms with Crippen molar-refractivity contribution in [1.29, 1.82) is 0 Å². The van der Waals surface area contributed by atoms with E-state index in [0.717, 1.165) is 44.5 Å². The highest BCUT2D eigenvalue weighted by molar-refractivity contribution is 14.0. The monoisotopic (exact) mass is 440 g/mol. The molecule has 0 saturated carbocycles. The van der Waals surface area contributed by atoms with E-state index in [2.05, 4.69) is 59.5 Å². The number of fused-ring (bicyclic) bond motifs is 1. The minimum atomic E-state index is 0. The van der Waals surface area contributed by atoms with Crippen LogP contribution >= 0.6 is 24.0 Å². The summed E-state index contributed by atoms with van der Waals surface area (Å²) in [5, 5.41) is 4.77. The zero-order valence-electron chi connectivity index (χ0n) is 14.7. The number of guanidine groups is 1. The first-order chi connectivity index (χ1) is 11.3. The summed E-state index contributed by atoms with van der Waals surface area (Å²) < 4.78 is 0. The highest BCUT2D eigenvalue weighted by Gasteiger charge is 2.18. The Morgan fingerprint density at radius 2 is 2.04 bits per heavy atom. The molecular weight excluding hydrogens is 411 g/mol. The van der Waals surface area contributed by atoms with Crippen LogP contribution in [0.3, 0.4) is 0 Å². The van der Waals surface area contributed by atoms with Crippen molar-refractivity contribution in [2.45, 2.75) is 33.1 Å². The zero-order valence-corrected chi connectivity index (χ0v) is 17.0. The van der Waals surface area contributed by atoms with Gasteiger partial charge < -0.3 is 15.2 Å². The van der Waals surface area contributed by atoms with E-state index in [9.17, 15) is 0 Å². The van der Waals surface area contributed by atoms with Gasteiger partial charge in [0.1, 0.15) is 0 Å². The predicted octanol–water partition coefficient (Wildman–Crippen LogP) is 4.03. The van der Waals surface area contributed by atoms with Crippen molar-refractivity contribution in [3.8, 4) is 0 Å². The lowest BCUT2D eigenvalue weighted by Crippen LogP contribution is -2.45. The third-order valence-corrected chi connectivity index (χ3v) is 4.74. The molecule has 0 amide bonds. The van der Waals surface area contributed by atoms with Gasteiger partial charge in [0.2, 0.25) is 0 Å². The third-order valence-electron chi connectivity index (χ3n) is 4.74. The summed E-state index contributed by atoms with van der Waals surface area (Å²) in [5.74, 6) is 1.93. The molecule has 1 aliphatic rings. The Bertz CT molecular complexity index is 656. The number of rotatable bonds is 4. The number of benzene rings is 1. The fourth-order valence-electron chi connectivity index (χ4n) is 3.27. The largest absolute Gasteiger partial charge is 0.361 e. The van der Waals surface area contributed by atoms with E-state index < -0.39 is 0 Å². The Kier molecular flexibility index (Phi) is 7.40. The van der Waals surface area contributed by atoms with Crippen LogP contribution < -0.4 is 5.32 Å². The van der Waals surface area contributed by atoms with Gasteiger partial charge in [-0.15, -0.1) is 24.0 Å². The van der Waals surface area contributed by atoms with Crippen molar-refractivity contribution in [1.82, 2.24) is 15.2 Å². The summed E-state index contributed by atoms with van der Waals surface area (Å²) in [6, 6.07) is 8.48. The summed E-state index contributed by atoms with van der Waals surface area (Å²) in [5.41, 5.74) is 2.57. The summed E-state index contributed by atoms with van der Waals surface area (Å²) >= 11 is 0. The Balaban J connectivity index is 0.00000208. The second-order valence-electron chi connectivity index (χ2n) is 6.51. The minimum Gasteiger partial charge on any atom is -0.361 e. The quantitative estimate of drug-likeness (QED) is 0.429. The molecule has 0 spiro atoms. The molecule has 2 N–H and O–H groups in total. The van der Waals surface area contributed by atoms with E-state index in [-0.39, 0.29) is 24.0 Å². The Morgan fingerprint density at radius 3 is 2.79 bits per heavy atom. The van der Waals surface area contributed by atoms with Crippen molar-refractivity contribution in [2.24, 2.45) is 10.9 Å². The molecule has 0 radical (unpaired) electrons. The number of aromatic amines is 1. The molecule has 1 saturated heterocycles. The minimum absolute atomic E-state index is 0. The van der Waals surface area contributed by atoms with Crippen LogP contribution in [0.5, 0.6) is 0 Å². The molecule has 4 nitrogen and oxygen atoms in total. The van der Waals surface area contributed by atoms with Crippen LogP contribution in [0.4, 0.5) is 0 Å². The highest BCUT2D eigenvalue weighted by atomic mass is 127. The number of hydrogen-bond acceptors (Lipinski definition) is 1. The first-order valence-corrected chi connectivity index (χ1v) is 8.86. The number of likely N-dealkylation sites (tertiary alicyclic amines) is 1. The van der Waals surface area contributed by atoms with E-state index >= 15 is 0 Å². The molecule has 132 valence electrons. The Morgan fingerprint density at radius 1 is 1.29 bits per heavy atom. The summed E-state index contributed by atoms with van der Waals surface area (Å²) in [6.07, 6.45) is 5.64. The molecule has 5 heteroatoms. The summed E-state index contributed by atoms with van der Waals surface area (Å²) in [6.45, 7) is 8.49. The van der Waals surface area contributed by atoms with E-state index in [1.807, 2.05) is 0 Å². The molecule has 1 aromatic carbocycles. The van der Waals surface area contributed by atoms with Crippen LogP contribution in [0.25, 0.3) is 10.9 Å². The van der Waals surface area contributed by atoms with Gasteiger partial charge in [-0.1, -0.05) is 25.1 Å². The van der Waals surface area contributed by atoms with Crippen LogP contribution in [0.15, 0.2) is 35.5 Å². The van der Waals surface area contributed by atoms with Crippen LogP contribution in [0, 0.1) is 5.92 Å². The summed E-state index contributed by atoms with van der Waals surface area (Å²) in [7, 11) is 0. The van der Waals surface area contributed by atoms with Gasteiger partial charge in [-0.25, -0.2) is 0 Å². The molecule has 3 rings (SSSR count). The van der Waals surface area contributed by atoms with Gasteiger partial charge in [-0.2, -0.15) is 0 Å². The van der Waals surface area contributed by atoms with Crippen LogP contribution in [0.1, 0.15) is 32.3 Å². The van der Waals surface area contributed by atoms with Crippen molar-refractivity contribution in [2.75, 3.05) is 26.2 Å². The highest BCUT2D eigenvalue weighted by Crippen LogP contribution is 2.18. The predicted molar refractivity (Wildman–Crippen MR) is 113 cm³/mol. The van der Waals surface area contributed by atoms with Gasteiger partial charge in [-0.05, 0) is 43.7 Å². The molecule has 0 aliphatic carbocycles. The normalized spacial score (nSPS) is 16.2. The number of para-hydroxylation sites is 1. The number of hydrogen-bond donors (Lipinski definition) is 2. The number of nitrogens with one attached hydrogen (secondary N) is 2. The fourth-order valence-corrected chi connectivity index (χ4v) is 3.27. The van der Waals surface area contributed by atoms with Crippen molar-refractivity contribution < 1.29 is 0 Å². The maximum absolute atomic E-state index is 4.86. The summed E-state index contributed by atoms with van der Waals surface area (Å²) in [4.78, 5) is 10.6. The van der Waals surface area contributed by atoms with Crippen molar-refractivity contribution >= 4 is 40.8 Å². The second kappa shape index (κ2) is 9.30. The molecule has 24 heavy (non-hydrogen) atoms. The Hall–Kier alpha value is -1.24. The number of H-pyrrole nitrogens is 1. The second-order valence-corrected chi connectivity index (χ2v) is 6.51. The number of aliphatic imine (C=N–C) groups is 1. The van der Waals surface area contributed by atoms with E-state index in [4.69, 9.17) is 4.99 Å². The lowest BCUT2D eigenvalue weighted by molar-refractivity contribution is 0.273. The average Bonchev–Trinajstić information content (AvgIpc) is 2.98. The van der Waals surface area contributed by atoms with Crippen LogP contribution in [-0.2, 0) is 6.42 Å². The SMILES string of the molecule is CCNC(=NCCc1c[nH]c2ccccc12)N1CCC(C)CC1.I. The molecule has 1 aliphatic heterocycles. The van der Waals surface area contributed by atoms with Gasteiger partial charge in [0.05, 0.1) is 0 Å². The molecule has 1 fully saturated rings. The number of piperidine rings is 1. The van der Waals surface area contributed by atoms with Gasteiger partial charge in [0.15, 0.2) is 5.96 Å². The molecule has 2 heterocycles. The molecule has 2 aromatic rings. The number of nitrogens with zero attached hydrogens (tertiary/aromatic N) is 2. The van der Waals surface area contributed by atoms with Gasteiger partial charge in [-0.3, -0.25) is 4.99 Å². The standard InChI is InChI=1S/C19H28N4.HI/c1-3-20-19(23-12-9-15(2)10-13-23)21-11-8-16-14-22-18-7-5-4-6-17(16)18;/h4-7,14-15,22H,3,8-13H2,1-2H3,(H,20,21);1H. The van der Waals surface area contributed by atoms with Gasteiger partial charge >= 0.3 is 0 Å². The maximum Gasteiger partial charge on any atom is 0.193 e. The van der Waals surface area contributed by atoms with Crippen LogP contribution in [-0.4, -0.2) is 42.0 Å². The first-order valence-electron chi connectivity index (χ1n) is 8.86. The average molecular weight is 440 g/mol.